The molecule has 0 aromatic heterocycles. The number of nitrogens with one attached hydrogen (secondary N) is 1. The molecule has 1 rings (SSSR count). The van der Waals surface area contributed by atoms with Gasteiger partial charge in [0.1, 0.15) is 6.07 Å². The summed E-state index contributed by atoms with van der Waals surface area (Å²) in [6.07, 6.45) is -0.153. The van der Waals surface area contributed by atoms with E-state index in [-0.39, 0.29) is 6.42 Å². The third-order valence-electron chi connectivity index (χ3n) is 2.54. The van der Waals surface area contributed by atoms with Crippen LogP contribution in [0.15, 0.2) is 24.3 Å². The average Bonchev–Trinajstić information content (AvgIpc) is 2.36. The monoisotopic (exact) mass is 261 g/mol. The van der Waals surface area contributed by atoms with Crippen LogP contribution in [0.1, 0.15) is 18.9 Å². The van der Waals surface area contributed by atoms with Gasteiger partial charge in [0.2, 0.25) is 0 Å². The lowest BCUT2D eigenvalue weighted by Gasteiger charge is -2.21. The summed E-state index contributed by atoms with van der Waals surface area (Å²) in [5, 5.41) is 20.1. The fraction of sp³-hybridized carbons (Fsp3) is 0.308. The summed E-state index contributed by atoms with van der Waals surface area (Å²) < 4.78 is 0. The molecule has 0 spiro atoms. The van der Waals surface area contributed by atoms with E-state index in [1.54, 1.807) is 31.2 Å². The Hall–Kier alpha value is -2.55. The summed E-state index contributed by atoms with van der Waals surface area (Å²) >= 11 is 0. The van der Waals surface area contributed by atoms with Gasteiger partial charge < -0.3 is 10.4 Å². The van der Waals surface area contributed by atoms with E-state index in [9.17, 15) is 9.59 Å². The molecular formula is C13H15N3O3. The van der Waals surface area contributed by atoms with E-state index in [1.807, 2.05) is 6.07 Å². The van der Waals surface area contributed by atoms with Gasteiger partial charge in [0, 0.05) is 13.1 Å². The molecule has 6 heteroatoms. The molecule has 0 saturated heterocycles. The highest BCUT2D eigenvalue weighted by atomic mass is 16.4. The Morgan fingerprint density at radius 1 is 1.47 bits per heavy atom. The van der Waals surface area contributed by atoms with Gasteiger partial charge in [-0.25, -0.2) is 4.79 Å². The Kier molecular flexibility index (Phi) is 4.89. The molecule has 0 radical (unpaired) electrons. The summed E-state index contributed by atoms with van der Waals surface area (Å²) in [6, 6.07) is 7.76. The Balaban J connectivity index is 2.77. The summed E-state index contributed by atoms with van der Waals surface area (Å²) in [5.74, 6) is -0.979. The number of urea groups is 1. The third-order valence-corrected chi connectivity index (χ3v) is 2.54. The highest BCUT2D eigenvalue weighted by molar-refractivity contribution is 5.93. The molecule has 0 aliphatic rings. The van der Waals surface area contributed by atoms with Crippen LogP contribution in [0.2, 0.25) is 0 Å². The van der Waals surface area contributed by atoms with E-state index < -0.39 is 18.0 Å². The lowest BCUT2D eigenvalue weighted by Crippen LogP contribution is -2.43. The number of amides is 2. The van der Waals surface area contributed by atoms with Gasteiger partial charge in [-0.15, -0.1) is 0 Å². The summed E-state index contributed by atoms with van der Waals surface area (Å²) in [7, 11) is 1.53. The second-order valence-electron chi connectivity index (χ2n) is 4.14. The third kappa shape index (κ3) is 4.00. The van der Waals surface area contributed by atoms with Crippen LogP contribution in [0.5, 0.6) is 0 Å². The first-order valence-corrected chi connectivity index (χ1v) is 5.71. The Morgan fingerprint density at radius 2 is 2.11 bits per heavy atom. The van der Waals surface area contributed by atoms with Crippen molar-refractivity contribution in [1.82, 2.24) is 5.32 Å². The molecule has 0 bridgehead atoms. The molecular weight excluding hydrogens is 246 g/mol. The molecule has 1 aromatic rings. The number of carbonyl (C=O) groups excluding carboxylic acids is 1. The van der Waals surface area contributed by atoms with Crippen molar-refractivity contribution in [2.24, 2.45) is 0 Å². The molecule has 0 fully saturated rings. The Morgan fingerprint density at radius 3 is 2.68 bits per heavy atom. The van der Waals surface area contributed by atoms with Crippen LogP contribution >= 0.6 is 0 Å². The number of nitriles is 1. The minimum Gasteiger partial charge on any atom is -0.481 e. The number of hydrogen-bond donors (Lipinski definition) is 2. The molecule has 2 N–H and O–H groups in total. The van der Waals surface area contributed by atoms with Crippen LogP contribution in [0.4, 0.5) is 10.5 Å². The topological polar surface area (TPSA) is 93.4 Å². The van der Waals surface area contributed by atoms with Crippen molar-refractivity contribution in [3.63, 3.8) is 0 Å². The maximum absolute atomic E-state index is 11.9. The molecule has 0 aliphatic carbocycles. The number of carbonyl (C=O) groups is 2. The predicted molar refractivity (Wildman–Crippen MR) is 69.8 cm³/mol. The van der Waals surface area contributed by atoms with Crippen molar-refractivity contribution < 1.29 is 14.7 Å². The lowest BCUT2D eigenvalue weighted by atomic mass is 10.2. The van der Waals surface area contributed by atoms with E-state index in [4.69, 9.17) is 10.4 Å². The van der Waals surface area contributed by atoms with E-state index in [0.29, 0.717) is 11.3 Å². The molecule has 19 heavy (non-hydrogen) atoms. The average molecular weight is 261 g/mol. The molecule has 100 valence electrons. The molecule has 0 aliphatic heterocycles. The van der Waals surface area contributed by atoms with Crippen molar-refractivity contribution >= 4 is 17.7 Å². The van der Waals surface area contributed by atoms with Crippen LogP contribution in [-0.4, -0.2) is 30.2 Å². The first-order chi connectivity index (χ1) is 8.95. The van der Waals surface area contributed by atoms with Gasteiger partial charge >= 0.3 is 12.0 Å². The van der Waals surface area contributed by atoms with Gasteiger partial charge in [0.25, 0.3) is 0 Å². The van der Waals surface area contributed by atoms with Crippen LogP contribution in [0.25, 0.3) is 0 Å². The van der Waals surface area contributed by atoms with E-state index in [1.165, 1.54) is 11.9 Å². The Bertz CT molecular complexity index is 522. The predicted octanol–water partition coefficient (Wildman–Crippen LogP) is 1.57. The van der Waals surface area contributed by atoms with Crippen LogP contribution in [-0.2, 0) is 4.79 Å². The van der Waals surface area contributed by atoms with Crippen molar-refractivity contribution in [2.75, 3.05) is 11.9 Å². The molecule has 1 aromatic carbocycles. The number of hydrogen-bond acceptors (Lipinski definition) is 3. The minimum absolute atomic E-state index is 0.153. The fourth-order valence-corrected chi connectivity index (χ4v) is 1.59. The van der Waals surface area contributed by atoms with Crippen molar-refractivity contribution in [1.29, 1.82) is 5.26 Å². The number of carboxylic acid groups (broad SMARTS) is 1. The summed E-state index contributed by atoms with van der Waals surface area (Å²) in [4.78, 5) is 23.7. The number of aliphatic carboxylic acids is 1. The summed E-state index contributed by atoms with van der Waals surface area (Å²) in [6.45, 7) is 1.61. The van der Waals surface area contributed by atoms with Gasteiger partial charge in [-0.3, -0.25) is 9.69 Å². The molecule has 0 heterocycles. The maximum atomic E-state index is 11.9. The second-order valence-corrected chi connectivity index (χ2v) is 4.14. The van der Waals surface area contributed by atoms with Crippen LogP contribution in [0.3, 0.4) is 0 Å². The molecule has 2 amide bonds. The second kappa shape index (κ2) is 6.40. The van der Waals surface area contributed by atoms with Gasteiger partial charge in [0.15, 0.2) is 0 Å². The largest absolute Gasteiger partial charge is 0.481 e. The molecule has 1 atom stereocenters. The zero-order valence-electron chi connectivity index (χ0n) is 10.8. The van der Waals surface area contributed by atoms with Crippen molar-refractivity contribution in [2.45, 2.75) is 19.4 Å². The number of nitrogens with zero attached hydrogens (tertiary/aromatic N) is 2. The fourth-order valence-electron chi connectivity index (χ4n) is 1.59. The molecule has 6 nitrogen and oxygen atoms in total. The van der Waals surface area contributed by atoms with Gasteiger partial charge in [0.05, 0.1) is 17.7 Å². The highest BCUT2D eigenvalue weighted by Gasteiger charge is 2.17. The van der Waals surface area contributed by atoms with Crippen LogP contribution < -0.4 is 10.2 Å². The maximum Gasteiger partial charge on any atom is 0.321 e. The quantitative estimate of drug-likeness (QED) is 0.860. The van der Waals surface area contributed by atoms with Crippen molar-refractivity contribution in [3.05, 3.63) is 29.8 Å². The number of para-hydroxylation sites is 1. The number of carboxylic acids is 1. The molecule has 0 saturated carbocycles. The smallest absolute Gasteiger partial charge is 0.321 e. The van der Waals surface area contributed by atoms with Crippen molar-refractivity contribution in [3.8, 4) is 6.07 Å². The first-order valence-electron chi connectivity index (χ1n) is 5.71. The number of benzene rings is 1. The van der Waals surface area contributed by atoms with Crippen LogP contribution in [0, 0.1) is 11.3 Å². The van der Waals surface area contributed by atoms with E-state index in [2.05, 4.69) is 5.32 Å². The lowest BCUT2D eigenvalue weighted by molar-refractivity contribution is -0.137. The number of anilines is 1. The van der Waals surface area contributed by atoms with E-state index in [0.717, 1.165) is 0 Å². The highest BCUT2D eigenvalue weighted by Crippen LogP contribution is 2.18. The standard InChI is InChI=1S/C13H15N3O3/c1-9(7-12(17)18)15-13(19)16(2)11-6-4-3-5-10(11)8-14/h3-6,9H,7H2,1-2H3,(H,15,19)(H,17,18). The number of rotatable bonds is 4. The normalized spacial score (nSPS) is 11.2. The summed E-state index contributed by atoms with van der Waals surface area (Å²) in [5.41, 5.74) is 0.857. The zero-order chi connectivity index (χ0) is 14.4. The molecule has 1 unspecified atom stereocenters. The van der Waals surface area contributed by atoms with Gasteiger partial charge in [-0.05, 0) is 19.1 Å². The van der Waals surface area contributed by atoms with Gasteiger partial charge in [-0.1, -0.05) is 12.1 Å². The minimum atomic E-state index is -0.979. The van der Waals surface area contributed by atoms with Gasteiger partial charge in [-0.2, -0.15) is 5.26 Å². The van der Waals surface area contributed by atoms with E-state index >= 15 is 0 Å². The zero-order valence-corrected chi connectivity index (χ0v) is 10.8. The SMILES string of the molecule is CC(CC(=O)O)NC(=O)N(C)c1ccccc1C#N. The Labute approximate surface area is 111 Å². The first kappa shape index (κ1) is 14.5.